The lowest BCUT2D eigenvalue weighted by atomic mass is 10.2. The number of nitrogens with zero attached hydrogens (tertiary/aromatic N) is 2. The Kier molecular flexibility index (Phi) is 7.61. The maximum atomic E-state index is 13.3. The van der Waals surface area contributed by atoms with Crippen molar-refractivity contribution in [1.29, 1.82) is 0 Å². The molecule has 34 heavy (non-hydrogen) atoms. The van der Waals surface area contributed by atoms with Crippen LogP contribution in [0.1, 0.15) is 17.3 Å². The molecular formula is C26H26N2O5S. The van der Waals surface area contributed by atoms with Gasteiger partial charge < -0.3 is 23.5 Å². The predicted octanol–water partition coefficient (Wildman–Crippen LogP) is 5.29. The van der Waals surface area contributed by atoms with Gasteiger partial charge in [-0.25, -0.2) is 0 Å². The lowest BCUT2D eigenvalue weighted by molar-refractivity contribution is 0.0994. The molecule has 8 heteroatoms. The summed E-state index contributed by atoms with van der Waals surface area (Å²) in [5, 5.41) is 0. The van der Waals surface area contributed by atoms with E-state index in [0.29, 0.717) is 53.1 Å². The number of benzene rings is 3. The minimum Gasteiger partial charge on any atom is -0.493 e. The highest BCUT2D eigenvalue weighted by atomic mass is 32.1. The lowest BCUT2D eigenvalue weighted by Gasteiger charge is -2.10. The van der Waals surface area contributed by atoms with Crippen molar-refractivity contribution in [1.82, 2.24) is 4.57 Å². The van der Waals surface area contributed by atoms with E-state index in [1.165, 1.54) is 11.3 Å². The molecule has 176 valence electrons. The van der Waals surface area contributed by atoms with Gasteiger partial charge in [-0.15, -0.1) is 0 Å². The summed E-state index contributed by atoms with van der Waals surface area (Å²) in [6.07, 6.45) is 0. The van der Waals surface area contributed by atoms with E-state index in [0.717, 1.165) is 10.2 Å². The largest absolute Gasteiger partial charge is 0.493 e. The molecule has 1 aromatic heterocycles. The van der Waals surface area contributed by atoms with Crippen LogP contribution in [-0.2, 0) is 11.3 Å². The van der Waals surface area contributed by atoms with Crippen molar-refractivity contribution >= 4 is 27.5 Å². The molecule has 7 nitrogen and oxygen atoms in total. The zero-order valence-corrected chi connectivity index (χ0v) is 20.1. The van der Waals surface area contributed by atoms with Crippen LogP contribution in [0.15, 0.2) is 71.7 Å². The number of hydrogen-bond donors (Lipinski definition) is 0. The summed E-state index contributed by atoms with van der Waals surface area (Å²) in [4.78, 5) is 18.3. The highest BCUT2D eigenvalue weighted by Crippen LogP contribution is 2.33. The number of carbonyl (C=O) groups excluding carboxylic acids is 1. The molecule has 0 unspecified atom stereocenters. The van der Waals surface area contributed by atoms with E-state index < -0.39 is 0 Å². The average molecular weight is 479 g/mol. The number of carbonyl (C=O) groups is 1. The van der Waals surface area contributed by atoms with E-state index in [-0.39, 0.29) is 5.91 Å². The zero-order chi connectivity index (χ0) is 23.9. The number of thiazole rings is 1. The monoisotopic (exact) mass is 478 g/mol. The first-order valence-corrected chi connectivity index (χ1v) is 11.7. The smallest absolute Gasteiger partial charge is 0.283 e. The Morgan fingerprint density at radius 2 is 1.65 bits per heavy atom. The van der Waals surface area contributed by atoms with E-state index in [2.05, 4.69) is 4.99 Å². The van der Waals surface area contributed by atoms with Gasteiger partial charge in [0.05, 0.1) is 36.6 Å². The van der Waals surface area contributed by atoms with Crippen LogP contribution in [0.5, 0.6) is 23.0 Å². The second-order valence-electron chi connectivity index (χ2n) is 7.24. The molecule has 0 saturated heterocycles. The number of methoxy groups -OCH3 is 2. The average Bonchev–Trinajstić information content (AvgIpc) is 3.19. The van der Waals surface area contributed by atoms with E-state index >= 15 is 0 Å². The van der Waals surface area contributed by atoms with Gasteiger partial charge in [0.1, 0.15) is 11.5 Å². The first-order valence-electron chi connectivity index (χ1n) is 10.9. The first-order chi connectivity index (χ1) is 16.6. The minimum atomic E-state index is -0.387. The quantitative estimate of drug-likeness (QED) is 0.306. The number of hydrogen-bond acceptors (Lipinski definition) is 6. The van der Waals surface area contributed by atoms with Crippen LogP contribution in [0.3, 0.4) is 0 Å². The Morgan fingerprint density at radius 1 is 0.941 bits per heavy atom. The first kappa shape index (κ1) is 23.5. The molecule has 0 atom stereocenters. The van der Waals surface area contributed by atoms with Gasteiger partial charge in [-0.05, 0) is 31.2 Å². The standard InChI is InChI=1S/C26H26N2O5S/c1-4-32-15-14-28-20-16-22(30-2)23(31-3)17-24(20)34-26(28)27-25(29)19-12-8-9-13-21(19)33-18-10-6-5-7-11-18/h5-13,16-17H,4,14-15H2,1-3H3. The number of fused-ring (bicyclic) bond motifs is 1. The summed E-state index contributed by atoms with van der Waals surface area (Å²) in [6.45, 7) is 3.58. The summed E-state index contributed by atoms with van der Waals surface area (Å²) < 4.78 is 25.3. The van der Waals surface area contributed by atoms with Gasteiger partial charge in [0.15, 0.2) is 16.3 Å². The Hall–Kier alpha value is -3.62. The fourth-order valence-corrected chi connectivity index (χ4v) is 4.56. The molecule has 0 saturated carbocycles. The van der Waals surface area contributed by atoms with Crippen LogP contribution >= 0.6 is 11.3 Å². The van der Waals surface area contributed by atoms with Crippen molar-refractivity contribution in [3.63, 3.8) is 0 Å². The summed E-state index contributed by atoms with van der Waals surface area (Å²) >= 11 is 1.41. The van der Waals surface area contributed by atoms with Crippen molar-refractivity contribution in [3.05, 3.63) is 77.1 Å². The van der Waals surface area contributed by atoms with Gasteiger partial charge in [0.2, 0.25) is 0 Å². The Morgan fingerprint density at radius 3 is 2.38 bits per heavy atom. The number of amides is 1. The number of aromatic nitrogens is 1. The summed E-state index contributed by atoms with van der Waals surface area (Å²) in [7, 11) is 3.19. The normalized spacial score (nSPS) is 11.6. The molecule has 1 amide bonds. The SMILES string of the molecule is CCOCCn1c(=NC(=O)c2ccccc2Oc2ccccc2)sc2cc(OC)c(OC)cc21. The second-order valence-corrected chi connectivity index (χ2v) is 8.25. The molecule has 0 aliphatic carbocycles. The van der Waals surface area contributed by atoms with Crippen molar-refractivity contribution in [2.24, 2.45) is 4.99 Å². The predicted molar refractivity (Wildman–Crippen MR) is 132 cm³/mol. The molecule has 0 spiro atoms. The zero-order valence-electron chi connectivity index (χ0n) is 19.3. The molecule has 1 heterocycles. The van der Waals surface area contributed by atoms with Crippen LogP contribution < -0.4 is 19.0 Å². The van der Waals surface area contributed by atoms with E-state index in [1.807, 2.05) is 60.0 Å². The number of ether oxygens (including phenoxy) is 4. The van der Waals surface area contributed by atoms with E-state index in [4.69, 9.17) is 18.9 Å². The molecule has 0 radical (unpaired) electrons. The van der Waals surface area contributed by atoms with Gasteiger partial charge in [-0.1, -0.05) is 41.7 Å². The Labute approximate surface area is 201 Å². The third-order valence-electron chi connectivity index (χ3n) is 5.14. The van der Waals surface area contributed by atoms with Crippen LogP contribution in [0, 0.1) is 0 Å². The summed E-state index contributed by atoms with van der Waals surface area (Å²) in [6, 6.07) is 20.2. The second kappa shape index (κ2) is 11.0. The summed E-state index contributed by atoms with van der Waals surface area (Å²) in [5.41, 5.74) is 1.28. The van der Waals surface area contributed by atoms with Gasteiger partial charge in [-0.2, -0.15) is 4.99 Å². The third kappa shape index (κ3) is 5.13. The van der Waals surface area contributed by atoms with E-state index in [1.54, 1.807) is 32.4 Å². The van der Waals surface area contributed by atoms with Gasteiger partial charge in [-0.3, -0.25) is 4.79 Å². The molecule has 0 aliphatic rings. The van der Waals surface area contributed by atoms with Crippen LogP contribution in [0.2, 0.25) is 0 Å². The fraction of sp³-hybridized carbons (Fsp3) is 0.231. The molecule has 4 aromatic rings. The highest BCUT2D eigenvalue weighted by Gasteiger charge is 2.16. The topological polar surface area (TPSA) is 71.3 Å². The van der Waals surface area contributed by atoms with E-state index in [9.17, 15) is 4.79 Å². The van der Waals surface area contributed by atoms with Crippen LogP contribution in [0.4, 0.5) is 0 Å². The van der Waals surface area contributed by atoms with Crippen molar-refractivity contribution in [2.75, 3.05) is 27.4 Å². The number of para-hydroxylation sites is 2. The number of rotatable bonds is 9. The third-order valence-corrected chi connectivity index (χ3v) is 6.18. The van der Waals surface area contributed by atoms with Crippen molar-refractivity contribution < 1.29 is 23.7 Å². The molecule has 0 N–H and O–H groups in total. The van der Waals surface area contributed by atoms with Crippen LogP contribution in [-0.4, -0.2) is 37.9 Å². The molecule has 3 aromatic carbocycles. The molecule has 0 bridgehead atoms. The summed E-state index contributed by atoms with van der Waals surface area (Å²) in [5.74, 6) is 1.94. The maximum absolute atomic E-state index is 13.3. The van der Waals surface area contributed by atoms with Crippen molar-refractivity contribution in [2.45, 2.75) is 13.5 Å². The van der Waals surface area contributed by atoms with Crippen molar-refractivity contribution in [3.8, 4) is 23.0 Å². The highest BCUT2D eigenvalue weighted by molar-refractivity contribution is 7.16. The Balaban J connectivity index is 1.78. The van der Waals surface area contributed by atoms with Crippen LogP contribution in [0.25, 0.3) is 10.2 Å². The molecule has 0 fully saturated rings. The van der Waals surface area contributed by atoms with Gasteiger partial charge in [0.25, 0.3) is 5.91 Å². The Bertz CT molecular complexity index is 1340. The minimum absolute atomic E-state index is 0.385. The molecule has 0 aliphatic heterocycles. The fourth-order valence-electron chi connectivity index (χ4n) is 3.49. The molecule has 4 rings (SSSR count). The lowest BCUT2D eigenvalue weighted by Crippen LogP contribution is -2.20. The van der Waals surface area contributed by atoms with Gasteiger partial charge in [0, 0.05) is 25.3 Å². The maximum Gasteiger partial charge on any atom is 0.283 e. The van der Waals surface area contributed by atoms with Gasteiger partial charge >= 0.3 is 0 Å². The molecular weight excluding hydrogens is 452 g/mol.